The molecule has 0 aromatic carbocycles. The van der Waals surface area contributed by atoms with E-state index in [0.717, 1.165) is 25.7 Å². The minimum atomic E-state index is -3.98. The van der Waals surface area contributed by atoms with Crippen LogP contribution in [0.5, 0.6) is 0 Å². The Hall–Kier alpha value is -0.420. The monoisotopic (exact) mass is 890 g/mol. The molecule has 0 saturated heterocycles. The first kappa shape index (κ1) is 61.7. The van der Waals surface area contributed by atoms with Crippen LogP contribution in [0.4, 0.5) is 26.3 Å². The third-order valence-electron chi connectivity index (χ3n) is 7.55. The second-order valence-electron chi connectivity index (χ2n) is 19.5. The maximum absolute atomic E-state index is 11.5. The van der Waals surface area contributed by atoms with E-state index in [9.17, 15) is 26.3 Å². The highest BCUT2D eigenvalue weighted by molar-refractivity contribution is 4.61. The second-order valence-corrected chi connectivity index (χ2v) is 19.5. The molecule has 0 N–H and O–H groups in total. The minimum Gasteiger partial charge on any atom is -0.171 e. The molecule has 60 heavy (non-hydrogen) atoms. The Morgan fingerprint density at radius 2 is 0.717 bits per heavy atom. The van der Waals surface area contributed by atoms with Crippen molar-refractivity contribution in [2.75, 3.05) is 0 Å². The van der Waals surface area contributed by atoms with E-state index >= 15 is 0 Å². The molecule has 2 fully saturated rings. The molecule has 0 aromatic rings. The van der Waals surface area contributed by atoms with Crippen molar-refractivity contribution in [3.05, 3.63) is 0 Å². The number of alkyl halides is 6. The lowest BCUT2D eigenvalue weighted by Crippen LogP contribution is -2.12. The van der Waals surface area contributed by atoms with Crippen molar-refractivity contribution in [1.29, 1.82) is 0 Å². The van der Waals surface area contributed by atoms with Crippen molar-refractivity contribution in [2.45, 2.75) is 308 Å². The molecule has 2 aliphatic rings. The van der Waals surface area contributed by atoms with Crippen LogP contribution in [0.25, 0.3) is 0 Å². The Bertz CT molecular complexity index is 901. The van der Waals surface area contributed by atoms with Crippen LogP contribution < -0.4 is 0 Å². The summed E-state index contributed by atoms with van der Waals surface area (Å²) in [7, 11) is 0. The average Bonchev–Trinajstić information content (AvgIpc) is 3.50. The Morgan fingerprint density at radius 3 is 0.783 bits per heavy atom. The van der Waals surface area contributed by atoms with Gasteiger partial charge in [-0.3, -0.25) is 0 Å². The first-order valence-electron chi connectivity index (χ1n) is 27.5. The van der Waals surface area contributed by atoms with Crippen LogP contribution in [0, 0.1) is 46.3 Å². The molecule has 0 amide bonds. The fourth-order valence-electron chi connectivity index (χ4n) is 3.21. The number of hydrogen-bond donors (Lipinski definition) is 0. The normalized spacial score (nSPS) is 18.1. The molecule has 0 aromatic heterocycles. The summed E-state index contributed by atoms with van der Waals surface area (Å²) in [6.07, 6.45) is 4.71. The number of hydrogen-bond acceptors (Lipinski definition) is 0. The van der Waals surface area contributed by atoms with Gasteiger partial charge in [-0.1, -0.05) is 283 Å². The van der Waals surface area contributed by atoms with Crippen LogP contribution in [-0.4, -0.2) is 12.4 Å². The molecule has 0 heterocycles. The molecule has 2 atom stereocenters. The molecule has 2 rings (SSSR count). The largest absolute Gasteiger partial charge is 0.389 e. The molecule has 0 bridgehead atoms. The van der Waals surface area contributed by atoms with E-state index in [1.54, 1.807) is 41.5 Å². The zero-order chi connectivity index (χ0) is 56.5. The van der Waals surface area contributed by atoms with Gasteiger partial charge in [0.25, 0.3) is 0 Å². The Morgan fingerprint density at radius 1 is 0.533 bits per heavy atom. The maximum atomic E-state index is 11.5. The van der Waals surface area contributed by atoms with Gasteiger partial charge in [-0.2, -0.15) is 26.3 Å². The minimum absolute atomic E-state index is 0.0556. The molecular formula is C54H120F6. The van der Waals surface area contributed by atoms with E-state index in [-0.39, 0.29) is 40.9 Å². The second kappa shape index (κ2) is 54.7. The molecule has 6 heteroatoms. The van der Waals surface area contributed by atoms with E-state index in [0.29, 0.717) is 18.3 Å². The van der Waals surface area contributed by atoms with Crippen molar-refractivity contribution >= 4 is 0 Å². The van der Waals surface area contributed by atoms with Gasteiger partial charge >= 0.3 is 12.4 Å². The van der Waals surface area contributed by atoms with Crippen LogP contribution >= 0.6 is 0 Å². The maximum Gasteiger partial charge on any atom is 0.389 e. The smallest absolute Gasteiger partial charge is 0.171 e. The van der Waals surface area contributed by atoms with E-state index in [2.05, 4.69) is 55.4 Å². The van der Waals surface area contributed by atoms with Crippen molar-refractivity contribution in [2.24, 2.45) is 46.3 Å². The lowest BCUT2D eigenvalue weighted by atomic mass is 9.91. The lowest BCUT2D eigenvalue weighted by molar-refractivity contribution is -0.144. The molecule has 378 valence electrons. The summed E-state index contributed by atoms with van der Waals surface area (Å²) in [4.78, 5) is 0. The summed E-state index contributed by atoms with van der Waals surface area (Å²) in [5.41, 5.74) is 0.271. The van der Waals surface area contributed by atoms with Gasteiger partial charge in [0.05, 0.1) is 0 Å². The number of unbranched alkanes of at least 4 members (excludes halogenated alkanes) is 1. The molecule has 0 aliphatic heterocycles. The predicted molar refractivity (Wildman–Crippen MR) is 269 cm³/mol. The molecular weight excluding hydrogens is 763 g/mol. The third kappa shape index (κ3) is 154. The van der Waals surface area contributed by atoms with Gasteiger partial charge in [0, 0.05) is 22.4 Å². The summed E-state index contributed by atoms with van der Waals surface area (Å²) in [5, 5.41) is 0. The van der Waals surface area contributed by atoms with Gasteiger partial charge in [-0.15, -0.1) is 0 Å². The highest BCUT2D eigenvalue weighted by Gasteiger charge is 2.29. The highest BCUT2D eigenvalue weighted by atomic mass is 19.4. The molecule has 0 nitrogen and oxygen atoms in total. The summed E-state index contributed by atoms with van der Waals surface area (Å²) in [5.74, 6) is -0.708. The zero-order valence-corrected chi connectivity index (χ0v) is 45.8. The van der Waals surface area contributed by atoms with Gasteiger partial charge in [0.1, 0.15) is 0 Å². The summed E-state index contributed by atoms with van der Waals surface area (Å²) in [6.45, 7) is 50.4. The van der Waals surface area contributed by atoms with Crippen LogP contribution in [-0.2, 0) is 0 Å². The molecule has 0 radical (unpaired) electrons. The SMILES string of the molecule is CC.CC(C)(C)C.CCC.CCCC.CC[C@H](C)CC(F)(F)F.CC[C@H](C)CC(F)(F)F.[2H]C(C)(C)C.[2H]C([2H])(C)C(C)(C)C.[2H]C([2H])(C)C(C)C.[2H]C1(C)CCCC1.[2H]C1(C)CCCCC1. The fourth-order valence-corrected chi connectivity index (χ4v) is 3.21. The van der Waals surface area contributed by atoms with Gasteiger partial charge < -0.3 is 0 Å². The van der Waals surface area contributed by atoms with Crippen LogP contribution in [0.1, 0.15) is 305 Å². The van der Waals surface area contributed by atoms with Crippen molar-refractivity contribution in [1.82, 2.24) is 0 Å². The van der Waals surface area contributed by atoms with E-state index in [1.807, 2.05) is 83.1 Å². The predicted octanol–water partition coefficient (Wildman–Crippen LogP) is 23.2. The van der Waals surface area contributed by atoms with Gasteiger partial charge in [-0.25, -0.2) is 0 Å². The summed E-state index contributed by atoms with van der Waals surface area (Å²) in [6, 6.07) is 0. The quantitative estimate of drug-likeness (QED) is 0.233. The molecule has 0 unspecified atom stereocenters. The van der Waals surface area contributed by atoms with Gasteiger partial charge in [0.2, 0.25) is 0 Å². The third-order valence-corrected chi connectivity index (χ3v) is 7.55. The zero-order valence-electron chi connectivity index (χ0n) is 52.8. The van der Waals surface area contributed by atoms with Crippen molar-refractivity contribution in [3.63, 3.8) is 0 Å². The Labute approximate surface area is 389 Å². The average molecular weight is 891 g/mol. The molecule has 0 spiro atoms. The Kier molecular flexibility index (Phi) is 56.2. The highest BCUT2D eigenvalue weighted by Crippen LogP contribution is 2.27. The first-order chi connectivity index (χ1) is 29.3. The molecule has 2 saturated carbocycles. The number of halogens is 6. The van der Waals surface area contributed by atoms with E-state index < -0.39 is 37.9 Å². The fraction of sp³-hybridized carbons (Fsp3) is 1.00. The van der Waals surface area contributed by atoms with Gasteiger partial charge in [0.15, 0.2) is 0 Å². The Balaban J connectivity index is -0.0000000804. The van der Waals surface area contributed by atoms with Crippen LogP contribution in [0.3, 0.4) is 0 Å². The van der Waals surface area contributed by atoms with E-state index in [4.69, 9.17) is 9.60 Å². The number of rotatable bonds is 6. The standard InChI is InChI=1S/C7H14.2C6H11F3.C6H12.C6H14.2C5H12.2C4H10.C3H8.C2H6/c1-7-5-3-2-4-6-7;2*1-3-5(2)4-6(7,8)9;1-6-4-2-3-5-6;1-5-6(2,3)4;1-5(2,3)4;1-4-5(2)3;1-4(2)3;1-3-4-2;1-3-2;1-2/h7H,2-6H2,1H3;2*5H,3-4H2,1-2H3;6H,2-5H2,1H3;5H2,1-4H3;1-4H3;5H,4H2,1-3H3;4H,1-3H3;3-4H2,1-2H3;3H2,1-2H3;1-2H3/t;2*5-;;;;;;;;/m.00......../s1/i7D;;;6D;5D2;;4D2;4D;;;. The van der Waals surface area contributed by atoms with Crippen molar-refractivity contribution in [3.8, 4) is 0 Å². The molecule has 2 aliphatic carbocycles. The summed E-state index contributed by atoms with van der Waals surface area (Å²) < 4.78 is 120. The van der Waals surface area contributed by atoms with Gasteiger partial charge in [-0.05, 0) is 46.3 Å². The van der Waals surface area contributed by atoms with Crippen LogP contribution in [0.15, 0.2) is 0 Å². The lowest BCUT2D eigenvalue weighted by Gasteiger charge is -2.15. The summed E-state index contributed by atoms with van der Waals surface area (Å²) >= 11 is 0. The first-order valence-corrected chi connectivity index (χ1v) is 24.0. The van der Waals surface area contributed by atoms with E-state index in [1.165, 1.54) is 51.4 Å². The van der Waals surface area contributed by atoms with Crippen molar-refractivity contribution < 1.29 is 35.9 Å². The topological polar surface area (TPSA) is 0 Å². The van der Waals surface area contributed by atoms with Crippen LogP contribution in [0.2, 0.25) is 0 Å².